The topological polar surface area (TPSA) is 81.2 Å². The van der Waals surface area contributed by atoms with E-state index >= 15 is 0 Å². The number of benzene rings is 1. The highest BCUT2D eigenvalue weighted by Crippen LogP contribution is 2.21. The molecule has 0 saturated heterocycles. The first-order valence-electron chi connectivity index (χ1n) is 3.65. The fraction of sp³-hybridized carbons (Fsp3) is 0. The molecular weight excluding hydrogens is 168 g/mol. The number of hydrogen-bond acceptors (Lipinski definition) is 5. The number of aromatic nitrogens is 2. The Morgan fingerprint density at radius 1 is 1.31 bits per heavy atom. The molecule has 2 aromatic rings. The summed E-state index contributed by atoms with van der Waals surface area (Å²) in [6, 6.07) is 4.83. The number of nitrogens with zero attached hydrogens (tertiary/aromatic N) is 3. The smallest absolute Gasteiger partial charge is 0.134 e. The van der Waals surface area contributed by atoms with Gasteiger partial charge in [-0.2, -0.15) is 0 Å². The van der Waals surface area contributed by atoms with Gasteiger partial charge in [0.2, 0.25) is 0 Å². The molecule has 0 unspecified atom stereocenters. The Labute approximate surface area is 73.6 Å². The Bertz CT molecular complexity index is 469. The average molecular weight is 174 g/mol. The van der Waals surface area contributed by atoms with Crippen molar-refractivity contribution in [3.8, 4) is 0 Å². The van der Waals surface area contributed by atoms with Crippen molar-refractivity contribution in [2.24, 2.45) is 5.18 Å². The van der Waals surface area contributed by atoms with Gasteiger partial charge in [0.15, 0.2) is 0 Å². The summed E-state index contributed by atoms with van der Waals surface area (Å²) < 4.78 is 0. The summed E-state index contributed by atoms with van der Waals surface area (Å²) in [5.74, 6) is 0.405. The minimum Gasteiger partial charge on any atom is -0.383 e. The van der Waals surface area contributed by atoms with Crippen LogP contribution >= 0.6 is 0 Å². The molecule has 2 N–H and O–H groups in total. The second-order valence-electron chi connectivity index (χ2n) is 2.55. The lowest BCUT2D eigenvalue weighted by molar-refractivity contribution is 1.23. The largest absolute Gasteiger partial charge is 0.383 e. The molecule has 13 heavy (non-hydrogen) atoms. The van der Waals surface area contributed by atoms with E-state index in [1.54, 1.807) is 18.2 Å². The van der Waals surface area contributed by atoms with Crippen LogP contribution in [0.3, 0.4) is 0 Å². The Kier molecular flexibility index (Phi) is 1.63. The van der Waals surface area contributed by atoms with E-state index in [1.165, 1.54) is 6.33 Å². The van der Waals surface area contributed by atoms with E-state index < -0.39 is 0 Å². The van der Waals surface area contributed by atoms with Crippen LogP contribution in [-0.4, -0.2) is 9.97 Å². The van der Waals surface area contributed by atoms with Crippen LogP contribution in [0.15, 0.2) is 29.7 Å². The molecule has 0 radical (unpaired) electrons. The van der Waals surface area contributed by atoms with Gasteiger partial charge in [-0.15, -0.1) is 4.91 Å². The monoisotopic (exact) mass is 174 g/mol. The SMILES string of the molecule is Nc1ncnc2cc(N=O)ccc12. The minimum atomic E-state index is 0.339. The second-order valence-corrected chi connectivity index (χ2v) is 2.55. The molecule has 64 valence electrons. The molecule has 0 saturated carbocycles. The summed E-state index contributed by atoms with van der Waals surface area (Å²) >= 11 is 0. The van der Waals surface area contributed by atoms with E-state index in [4.69, 9.17) is 5.73 Å². The lowest BCUT2D eigenvalue weighted by Crippen LogP contribution is -1.92. The first kappa shape index (κ1) is 7.60. The molecule has 0 aliphatic rings. The normalized spacial score (nSPS) is 10.2. The molecule has 0 atom stereocenters. The van der Waals surface area contributed by atoms with Crippen LogP contribution in [0.25, 0.3) is 10.9 Å². The van der Waals surface area contributed by atoms with Crippen LogP contribution in [-0.2, 0) is 0 Å². The van der Waals surface area contributed by atoms with Crippen LogP contribution in [0, 0.1) is 4.91 Å². The summed E-state index contributed by atoms with van der Waals surface area (Å²) in [6.45, 7) is 0. The second kappa shape index (κ2) is 2.78. The lowest BCUT2D eigenvalue weighted by atomic mass is 10.2. The van der Waals surface area contributed by atoms with Crippen LogP contribution < -0.4 is 5.73 Å². The summed E-state index contributed by atoms with van der Waals surface area (Å²) in [6.07, 6.45) is 1.35. The number of nitrogen functional groups attached to an aromatic ring is 1. The fourth-order valence-electron chi connectivity index (χ4n) is 1.12. The molecule has 5 nitrogen and oxygen atoms in total. The Morgan fingerprint density at radius 3 is 2.92 bits per heavy atom. The van der Waals surface area contributed by atoms with Crippen LogP contribution in [0.4, 0.5) is 11.5 Å². The predicted molar refractivity (Wildman–Crippen MR) is 49.4 cm³/mol. The minimum absolute atomic E-state index is 0.339. The lowest BCUT2D eigenvalue weighted by Gasteiger charge is -1.98. The van der Waals surface area contributed by atoms with Crippen LogP contribution in [0.1, 0.15) is 0 Å². The van der Waals surface area contributed by atoms with E-state index in [1.807, 2.05) is 0 Å². The van der Waals surface area contributed by atoms with Gasteiger partial charge in [-0.1, -0.05) is 0 Å². The molecule has 0 aliphatic heterocycles. The number of rotatable bonds is 1. The van der Waals surface area contributed by atoms with Crippen LogP contribution in [0.5, 0.6) is 0 Å². The van der Waals surface area contributed by atoms with Crippen molar-refractivity contribution in [3.63, 3.8) is 0 Å². The summed E-state index contributed by atoms with van der Waals surface area (Å²) in [4.78, 5) is 18.0. The van der Waals surface area contributed by atoms with Crippen molar-refractivity contribution in [1.29, 1.82) is 0 Å². The van der Waals surface area contributed by atoms with Gasteiger partial charge in [-0.05, 0) is 23.4 Å². The highest BCUT2D eigenvalue weighted by atomic mass is 16.3. The van der Waals surface area contributed by atoms with Crippen molar-refractivity contribution < 1.29 is 0 Å². The summed E-state index contributed by atoms with van der Waals surface area (Å²) in [5, 5.41) is 3.53. The number of nitrogens with two attached hydrogens (primary N) is 1. The number of anilines is 1. The number of hydrogen-bond donors (Lipinski definition) is 1. The van der Waals surface area contributed by atoms with Gasteiger partial charge in [-0.3, -0.25) is 0 Å². The summed E-state index contributed by atoms with van der Waals surface area (Å²) in [7, 11) is 0. The third kappa shape index (κ3) is 1.20. The zero-order valence-corrected chi connectivity index (χ0v) is 6.64. The van der Waals surface area contributed by atoms with E-state index in [2.05, 4.69) is 15.1 Å². The van der Waals surface area contributed by atoms with Gasteiger partial charge < -0.3 is 5.73 Å². The Morgan fingerprint density at radius 2 is 2.15 bits per heavy atom. The van der Waals surface area contributed by atoms with Crippen molar-refractivity contribution >= 4 is 22.4 Å². The highest BCUT2D eigenvalue weighted by Gasteiger charge is 2.00. The molecule has 0 bridgehead atoms. The molecule has 2 rings (SSSR count). The third-order valence-electron chi connectivity index (χ3n) is 1.76. The zero-order valence-electron chi connectivity index (χ0n) is 6.64. The first-order chi connectivity index (χ1) is 6.31. The average Bonchev–Trinajstić information content (AvgIpc) is 2.18. The molecule has 0 spiro atoms. The van der Waals surface area contributed by atoms with Crippen molar-refractivity contribution in [1.82, 2.24) is 9.97 Å². The maximum atomic E-state index is 10.2. The van der Waals surface area contributed by atoms with Gasteiger partial charge in [0.05, 0.1) is 5.52 Å². The highest BCUT2D eigenvalue weighted by molar-refractivity contribution is 5.89. The van der Waals surface area contributed by atoms with E-state index in [9.17, 15) is 4.91 Å². The molecule has 0 fully saturated rings. The van der Waals surface area contributed by atoms with E-state index in [0.717, 1.165) is 5.39 Å². The fourth-order valence-corrected chi connectivity index (χ4v) is 1.12. The van der Waals surface area contributed by atoms with Crippen molar-refractivity contribution in [2.45, 2.75) is 0 Å². The van der Waals surface area contributed by atoms with Gasteiger partial charge in [-0.25, -0.2) is 9.97 Å². The molecule has 1 heterocycles. The first-order valence-corrected chi connectivity index (χ1v) is 3.65. The predicted octanol–water partition coefficient (Wildman–Crippen LogP) is 1.61. The molecule has 0 aliphatic carbocycles. The van der Waals surface area contributed by atoms with Gasteiger partial charge in [0.25, 0.3) is 0 Å². The molecule has 5 heteroatoms. The maximum Gasteiger partial charge on any atom is 0.134 e. The quantitative estimate of drug-likeness (QED) is 0.666. The van der Waals surface area contributed by atoms with Gasteiger partial charge in [0, 0.05) is 5.39 Å². The van der Waals surface area contributed by atoms with Gasteiger partial charge in [0.1, 0.15) is 17.8 Å². The van der Waals surface area contributed by atoms with Crippen molar-refractivity contribution in [2.75, 3.05) is 5.73 Å². The van der Waals surface area contributed by atoms with Crippen LogP contribution in [0.2, 0.25) is 0 Å². The maximum absolute atomic E-state index is 10.2. The van der Waals surface area contributed by atoms with E-state index in [-0.39, 0.29) is 0 Å². The molecule has 1 aromatic heterocycles. The molecule has 1 aromatic carbocycles. The Balaban J connectivity index is 2.79. The summed E-state index contributed by atoms with van der Waals surface area (Å²) in [5.41, 5.74) is 6.56. The number of fused-ring (bicyclic) bond motifs is 1. The Hall–Kier alpha value is -2.04. The standard InChI is InChI=1S/C8H6N4O/c9-8-6-2-1-5(12-13)3-7(6)10-4-11-8/h1-4H,(H2,9,10,11). The molecule has 0 amide bonds. The molecular formula is C8H6N4O. The third-order valence-corrected chi connectivity index (χ3v) is 1.76. The van der Waals surface area contributed by atoms with E-state index in [0.29, 0.717) is 17.0 Å². The van der Waals surface area contributed by atoms with Gasteiger partial charge >= 0.3 is 0 Å². The van der Waals surface area contributed by atoms with Crippen molar-refractivity contribution in [3.05, 3.63) is 29.4 Å². The zero-order chi connectivity index (χ0) is 9.26. The number of nitroso groups, excluding NO2 is 1.